The lowest BCUT2D eigenvalue weighted by Gasteiger charge is -2.33. The van der Waals surface area contributed by atoms with Gasteiger partial charge in [0, 0.05) is 42.5 Å². The molecular weight excluding hydrogens is 352 g/mol. The fourth-order valence-corrected chi connectivity index (χ4v) is 4.72. The first kappa shape index (κ1) is 18.1. The number of carbonyl (C=O) groups excluding carboxylic acids is 1. The Morgan fingerprint density at radius 1 is 1.28 bits per heavy atom. The monoisotopic (exact) mass is 374 g/mol. The van der Waals surface area contributed by atoms with Crippen molar-refractivity contribution in [2.45, 2.75) is 20.4 Å². The van der Waals surface area contributed by atoms with Crippen molar-refractivity contribution in [3.8, 4) is 6.07 Å². The lowest BCUT2D eigenvalue weighted by atomic mass is 10.2. The average molecular weight is 375 g/mol. The number of piperazine rings is 1. The van der Waals surface area contributed by atoms with Gasteiger partial charge in [0.25, 0.3) is 0 Å². The molecule has 2 aromatic rings. The number of nitriles is 1. The molecule has 1 aliphatic rings. The molecular formula is C18H22N4OS2. The number of aryl methyl sites for hydroxylation is 1. The van der Waals surface area contributed by atoms with E-state index in [2.05, 4.69) is 38.7 Å². The van der Waals surface area contributed by atoms with Crippen molar-refractivity contribution in [3.63, 3.8) is 0 Å². The van der Waals surface area contributed by atoms with Crippen LogP contribution in [0.5, 0.6) is 0 Å². The van der Waals surface area contributed by atoms with Crippen molar-refractivity contribution in [1.29, 1.82) is 5.26 Å². The van der Waals surface area contributed by atoms with Crippen LogP contribution in [0.4, 0.5) is 5.00 Å². The molecule has 3 heterocycles. The molecule has 1 fully saturated rings. The van der Waals surface area contributed by atoms with E-state index in [4.69, 9.17) is 0 Å². The topological polar surface area (TPSA) is 59.4 Å². The summed E-state index contributed by atoms with van der Waals surface area (Å²) in [5.74, 6) is -0.0375. The quantitative estimate of drug-likeness (QED) is 0.874. The molecule has 132 valence electrons. The minimum Gasteiger partial charge on any atom is -0.315 e. The molecule has 1 aliphatic heterocycles. The summed E-state index contributed by atoms with van der Waals surface area (Å²) in [5.41, 5.74) is 1.56. The molecule has 25 heavy (non-hydrogen) atoms. The number of hydrogen-bond acceptors (Lipinski definition) is 6. The summed E-state index contributed by atoms with van der Waals surface area (Å²) in [4.78, 5) is 19.4. The normalized spacial score (nSPS) is 15.9. The van der Waals surface area contributed by atoms with Crippen LogP contribution in [-0.2, 0) is 11.3 Å². The minimum atomic E-state index is -0.0375. The smallest absolute Gasteiger partial charge is 0.239 e. The average Bonchev–Trinajstić information content (AvgIpc) is 3.18. The standard InChI is InChI=1S/C18H22N4OS2/c1-13-14(2)25-18(16(13)10-19)20-17(23)12-22-7-5-21(6-8-22)11-15-4-3-9-24-15/h3-4,9H,5-8,11-12H2,1-2H3,(H,20,23). The van der Waals surface area contributed by atoms with Crippen LogP contribution in [0, 0.1) is 25.2 Å². The van der Waals surface area contributed by atoms with Crippen LogP contribution in [-0.4, -0.2) is 48.4 Å². The van der Waals surface area contributed by atoms with Crippen LogP contribution in [0.25, 0.3) is 0 Å². The summed E-state index contributed by atoms with van der Waals surface area (Å²) >= 11 is 3.27. The molecule has 1 amide bonds. The van der Waals surface area contributed by atoms with Crippen molar-refractivity contribution in [2.24, 2.45) is 0 Å². The second-order valence-corrected chi connectivity index (χ2v) is 8.54. The van der Waals surface area contributed by atoms with E-state index in [1.165, 1.54) is 16.2 Å². The summed E-state index contributed by atoms with van der Waals surface area (Å²) in [6, 6.07) is 6.45. The number of anilines is 1. The van der Waals surface area contributed by atoms with Gasteiger partial charge in [-0.2, -0.15) is 5.26 Å². The van der Waals surface area contributed by atoms with E-state index in [1.54, 1.807) is 11.3 Å². The first-order valence-corrected chi connectivity index (χ1v) is 10.0. The number of nitrogens with zero attached hydrogens (tertiary/aromatic N) is 3. The van der Waals surface area contributed by atoms with Gasteiger partial charge >= 0.3 is 0 Å². The highest BCUT2D eigenvalue weighted by Gasteiger charge is 2.20. The molecule has 0 unspecified atom stereocenters. The van der Waals surface area contributed by atoms with Crippen molar-refractivity contribution < 1.29 is 4.79 Å². The Kier molecular flexibility index (Phi) is 5.86. The van der Waals surface area contributed by atoms with E-state index in [-0.39, 0.29) is 5.91 Å². The predicted octanol–water partition coefficient (Wildman–Crippen LogP) is 3.05. The van der Waals surface area contributed by atoms with E-state index in [0.29, 0.717) is 17.1 Å². The summed E-state index contributed by atoms with van der Waals surface area (Å²) in [6.45, 7) is 9.03. The fourth-order valence-electron chi connectivity index (χ4n) is 2.95. The van der Waals surface area contributed by atoms with Gasteiger partial charge in [-0.25, -0.2) is 0 Å². The van der Waals surface area contributed by atoms with Gasteiger partial charge in [-0.05, 0) is 30.9 Å². The molecule has 0 radical (unpaired) electrons. The zero-order valence-corrected chi connectivity index (χ0v) is 16.2. The van der Waals surface area contributed by atoms with E-state index >= 15 is 0 Å². The number of carbonyl (C=O) groups is 1. The largest absolute Gasteiger partial charge is 0.315 e. The second kappa shape index (κ2) is 8.11. The number of nitrogens with one attached hydrogen (secondary N) is 1. The minimum absolute atomic E-state index is 0.0375. The van der Waals surface area contributed by atoms with Crippen molar-refractivity contribution in [2.75, 3.05) is 38.0 Å². The highest BCUT2D eigenvalue weighted by molar-refractivity contribution is 7.16. The van der Waals surface area contributed by atoms with Crippen LogP contribution in [0.2, 0.25) is 0 Å². The van der Waals surface area contributed by atoms with Gasteiger partial charge in [0.1, 0.15) is 11.1 Å². The third-order valence-corrected chi connectivity index (χ3v) is 6.53. The highest BCUT2D eigenvalue weighted by atomic mass is 32.1. The number of amides is 1. The van der Waals surface area contributed by atoms with Crippen LogP contribution in [0.1, 0.15) is 20.9 Å². The molecule has 5 nitrogen and oxygen atoms in total. The van der Waals surface area contributed by atoms with Crippen LogP contribution in [0.3, 0.4) is 0 Å². The maximum atomic E-state index is 12.3. The third-order valence-electron chi connectivity index (χ3n) is 4.54. The Hall–Kier alpha value is -1.72. The third kappa shape index (κ3) is 4.47. The van der Waals surface area contributed by atoms with Gasteiger partial charge in [-0.1, -0.05) is 6.07 Å². The zero-order chi connectivity index (χ0) is 17.8. The van der Waals surface area contributed by atoms with Gasteiger partial charge in [-0.15, -0.1) is 22.7 Å². The maximum Gasteiger partial charge on any atom is 0.239 e. The molecule has 0 aromatic carbocycles. The zero-order valence-electron chi connectivity index (χ0n) is 14.5. The number of hydrogen-bond donors (Lipinski definition) is 1. The molecule has 2 aromatic heterocycles. The Balaban J connectivity index is 1.48. The van der Waals surface area contributed by atoms with Gasteiger partial charge in [0.2, 0.25) is 5.91 Å². The van der Waals surface area contributed by atoms with Gasteiger partial charge in [-0.3, -0.25) is 14.6 Å². The molecule has 3 rings (SSSR count). The SMILES string of the molecule is Cc1sc(NC(=O)CN2CCN(Cc3cccs3)CC2)c(C#N)c1C. The molecule has 0 bridgehead atoms. The molecule has 0 saturated carbocycles. The number of rotatable bonds is 5. The lowest BCUT2D eigenvalue weighted by molar-refractivity contribution is -0.117. The molecule has 1 saturated heterocycles. The molecule has 0 aliphatic carbocycles. The van der Waals surface area contributed by atoms with E-state index in [9.17, 15) is 10.1 Å². The Morgan fingerprint density at radius 3 is 2.64 bits per heavy atom. The highest BCUT2D eigenvalue weighted by Crippen LogP contribution is 2.31. The predicted molar refractivity (Wildman–Crippen MR) is 103 cm³/mol. The van der Waals surface area contributed by atoms with Crippen molar-refractivity contribution >= 4 is 33.6 Å². The molecule has 0 atom stereocenters. The van der Waals surface area contributed by atoms with Gasteiger partial charge in [0.15, 0.2) is 0 Å². The molecule has 0 spiro atoms. The first-order valence-electron chi connectivity index (χ1n) is 8.34. The van der Waals surface area contributed by atoms with E-state index < -0.39 is 0 Å². The first-order chi connectivity index (χ1) is 12.1. The molecule has 1 N–H and O–H groups in total. The van der Waals surface area contributed by atoms with Crippen molar-refractivity contribution in [1.82, 2.24) is 9.80 Å². The van der Waals surface area contributed by atoms with Crippen LogP contribution >= 0.6 is 22.7 Å². The van der Waals surface area contributed by atoms with Crippen molar-refractivity contribution in [3.05, 3.63) is 38.4 Å². The second-order valence-electron chi connectivity index (χ2n) is 6.28. The van der Waals surface area contributed by atoms with Gasteiger partial charge < -0.3 is 5.32 Å². The lowest BCUT2D eigenvalue weighted by Crippen LogP contribution is -2.48. The Bertz CT molecular complexity index is 768. The Morgan fingerprint density at radius 2 is 2.00 bits per heavy atom. The summed E-state index contributed by atoms with van der Waals surface area (Å²) in [5, 5.41) is 15.0. The number of thiophene rings is 2. The molecule has 7 heteroatoms. The van der Waals surface area contributed by atoms with Crippen LogP contribution < -0.4 is 5.32 Å². The summed E-state index contributed by atoms with van der Waals surface area (Å²) < 4.78 is 0. The van der Waals surface area contributed by atoms with Gasteiger partial charge in [0.05, 0.1) is 12.1 Å². The van der Waals surface area contributed by atoms with E-state index in [1.807, 2.05) is 13.8 Å². The fraction of sp³-hybridized carbons (Fsp3) is 0.444. The van der Waals surface area contributed by atoms with Crippen LogP contribution in [0.15, 0.2) is 17.5 Å². The summed E-state index contributed by atoms with van der Waals surface area (Å²) in [6.07, 6.45) is 0. The summed E-state index contributed by atoms with van der Waals surface area (Å²) in [7, 11) is 0. The van der Waals surface area contributed by atoms with E-state index in [0.717, 1.165) is 43.2 Å². The Labute approximate surface area is 156 Å². The maximum absolute atomic E-state index is 12.3.